The number of aliphatic hydroxyl groups excluding tert-OH is 1. The van der Waals surface area contributed by atoms with Crippen LogP contribution in [0.25, 0.3) is 0 Å². The van der Waals surface area contributed by atoms with Gasteiger partial charge in [0.1, 0.15) is 30.9 Å². The summed E-state index contributed by atoms with van der Waals surface area (Å²) >= 11 is 0. The van der Waals surface area contributed by atoms with E-state index in [1.165, 1.54) is 0 Å². The van der Waals surface area contributed by atoms with Crippen LogP contribution in [-0.2, 0) is 5.41 Å². The molecule has 1 atom stereocenters. The number of aromatic hydroxyl groups is 1. The second kappa shape index (κ2) is 6.79. The van der Waals surface area contributed by atoms with Crippen molar-refractivity contribution in [1.82, 2.24) is 0 Å². The fourth-order valence-corrected chi connectivity index (χ4v) is 2.25. The predicted molar refractivity (Wildman–Crippen MR) is 84.2 cm³/mol. The molecular formula is C18H21FO3. The van der Waals surface area contributed by atoms with E-state index in [0.29, 0.717) is 5.75 Å². The predicted octanol–water partition coefficient (Wildman–Crippen LogP) is 3.43. The van der Waals surface area contributed by atoms with Gasteiger partial charge in [-0.2, -0.15) is 0 Å². The van der Waals surface area contributed by atoms with E-state index < -0.39 is 12.8 Å². The topological polar surface area (TPSA) is 49.7 Å². The Bertz CT molecular complexity index is 591. The standard InChI is InChI=1S/C18H21FO3/c1-18(2,13-3-7-15(20)8-4-13)14-5-9-17(10-6-14)22-12-16(21)11-19/h3-10,16,20-21H,11-12H2,1-2H3. The second-order valence-electron chi connectivity index (χ2n) is 5.82. The Morgan fingerprint density at radius 1 is 1.00 bits per heavy atom. The van der Waals surface area contributed by atoms with E-state index in [1.54, 1.807) is 12.1 Å². The highest BCUT2D eigenvalue weighted by Gasteiger charge is 2.23. The minimum Gasteiger partial charge on any atom is -0.508 e. The SMILES string of the molecule is CC(C)(c1ccc(O)cc1)c1ccc(OCC(O)CF)cc1. The van der Waals surface area contributed by atoms with Crippen LogP contribution in [0.4, 0.5) is 4.39 Å². The van der Waals surface area contributed by atoms with E-state index in [9.17, 15) is 9.50 Å². The van der Waals surface area contributed by atoms with Gasteiger partial charge in [-0.15, -0.1) is 0 Å². The molecule has 0 aliphatic rings. The maximum absolute atomic E-state index is 12.2. The lowest BCUT2D eigenvalue weighted by atomic mass is 9.78. The first-order chi connectivity index (χ1) is 10.4. The van der Waals surface area contributed by atoms with Crippen molar-refractivity contribution in [2.75, 3.05) is 13.3 Å². The fourth-order valence-electron chi connectivity index (χ4n) is 2.25. The first-order valence-electron chi connectivity index (χ1n) is 7.20. The molecule has 0 heterocycles. The van der Waals surface area contributed by atoms with Gasteiger partial charge >= 0.3 is 0 Å². The molecule has 0 amide bonds. The molecule has 0 radical (unpaired) electrons. The van der Waals surface area contributed by atoms with Gasteiger partial charge in [0.15, 0.2) is 0 Å². The van der Waals surface area contributed by atoms with E-state index in [-0.39, 0.29) is 17.8 Å². The van der Waals surface area contributed by atoms with E-state index in [0.717, 1.165) is 11.1 Å². The largest absolute Gasteiger partial charge is 0.508 e. The normalized spacial score (nSPS) is 12.9. The van der Waals surface area contributed by atoms with Gasteiger partial charge in [-0.3, -0.25) is 0 Å². The lowest BCUT2D eigenvalue weighted by Gasteiger charge is -2.26. The summed E-state index contributed by atoms with van der Waals surface area (Å²) in [6.07, 6.45) is -1.09. The summed E-state index contributed by atoms with van der Waals surface area (Å²) < 4.78 is 17.5. The Hall–Kier alpha value is -2.07. The molecule has 0 bridgehead atoms. The van der Waals surface area contributed by atoms with Crippen LogP contribution in [0, 0.1) is 0 Å². The fraction of sp³-hybridized carbons (Fsp3) is 0.333. The zero-order chi connectivity index (χ0) is 16.2. The maximum atomic E-state index is 12.2. The molecule has 0 aliphatic heterocycles. The molecule has 118 valence electrons. The van der Waals surface area contributed by atoms with Gasteiger partial charge in [0.2, 0.25) is 0 Å². The molecule has 1 unspecified atom stereocenters. The number of rotatable bonds is 6. The third kappa shape index (κ3) is 3.77. The third-order valence-electron chi connectivity index (χ3n) is 3.79. The monoisotopic (exact) mass is 304 g/mol. The Labute approximate surface area is 130 Å². The quantitative estimate of drug-likeness (QED) is 0.859. The summed E-state index contributed by atoms with van der Waals surface area (Å²) in [5.74, 6) is 0.840. The van der Waals surface area contributed by atoms with Gasteiger partial charge in [0.05, 0.1) is 0 Å². The summed E-state index contributed by atoms with van der Waals surface area (Å²) in [5, 5.41) is 18.5. The van der Waals surface area contributed by atoms with Crippen LogP contribution in [0.5, 0.6) is 11.5 Å². The van der Waals surface area contributed by atoms with E-state index in [2.05, 4.69) is 13.8 Å². The summed E-state index contributed by atoms with van der Waals surface area (Å²) in [7, 11) is 0. The Kier molecular flexibility index (Phi) is 5.03. The number of hydrogen-bond donors (Lipinski definition) is 2. The average Bonchev–Trinajstić information content (AvgIpc) is 2.53. The van der Waals surface area contributed by atoms with Crippen molar-refractivity contribution in [1.29, 1.82) is 0 Å². The van der Waals surface area contributed by atoms with Crippen molar-refractivity contribution in [3.05, 3.63) is 59.7 Å². The van der Waals surface area contributed by atoms with Crippen LogP contribution in [-0.4, -0.2) is 29.6 Å². The second-order valence-corrected chi connectivity index (χ2v) is 5.82. The Morgan fingerprint density at radius 3 is 2.00 bits per heavy atom. The van der Waals surface area contributed by atoms with Crippen LogP contribution < -0.4 is 4.74 Å². The van der Waals surface area contributed by atoms with Crippen LogP contribution in [0.15, 0.2) is 48.5 Å². The molecule has 2 aromatic carbocycles. The van der Waals surface area contributed by atoms with Crippen LogP contribution in [0.1, 0.15) is 25.0 Å². The van der Waals surface area contributed by atoms with E-state index >= 15 is 0 Å². The first kappa shape index (κ1) is 16.3. The third-order valence-corrected chi connectivity index (χ3v) is 3.79. The molecule has 0 aromatic heterocycles. The highest BCUT2D eigenvalue weighted by molar-refractivity contribution is 5.41. The zero-order valence-electron chi connectivity index (χ0n) is 12.8. The number of ether oxygens (including phenoxy) is 1. The average molecular weight is 304 g/mol. The van der Waals surface area contributed by atoms with Gasteiger partial charge < -0.3 is 14.9 Å². The maximum Gasteiger partial charge on any atom is 0.119 e. The molecule has 0 saturated carbocycles. The number of phenolic OH excluding ortho intramolecular Hbond substituents is 1. The van der Waals surface area contributed by atoms with Gasteiger partial charge in [-0.1, -0.05) is 38.1 Å². The highest BCUT2D eigenvalue weighted by Crippen LogP contribution is 2.33. The Morgan fingerprint density at radius 2 is 1.50 bits per heavy atom. The molecule has 0 aliphatic carbocycles. The molecule has 2 N–H and O–H groups in total. The van der Waals surface area contributed by atoms with Gasteiger partial charge in [0, 0.05) is 5.41 Å². The lowest BCUT2D eigenvalue weighted by Crippen LogP contribution is -2.20. The van der Waals surface area contributed by atoms with Crippen molar-refractivity contribution < 1.29 is 19.3 Å². The summed E-state index contributed by atoms with van der Waals surface area (Å²) in [6.45, 7) is 3.33. The molecule has 0 spiro atoms. The van der Waals surface area contributed by atoms with E-state index in [4.69, 9.17) is 9.84 Å². The minimum absolute atomic E-state index is 0.0583. The van der Waals surface area contributed by atoms with Gasteiger partial charge in [0.25, 0.3) is 0 Å². The van der Waals surface area contributed by atoms with E-state index in [1.807, 2.05) is 36.4 Å². The zero-order valence-corrected chi connectivity index (χ0v) is 12.8. The Balaban J connectivity index is 2.13. The summed E-state index contributed by atoms with van der Waals surface area (Å²) in [6, 6.07) is 14.7. The molecule has 2 aromatic rings. The number of phenols is 1. The number of benzene rings is 2. The molecule has 22 heavy (non-hydrogen) atoms. The molecular weight excluding hydrogens is 283 g/mol. The molecule has 0 saturated heterocycles. The van der Waals surface area contributed by atoms with Crippen molar-refractivity contribution in [3.8, 4) is 11.5 Å². The molecule has 2 rings (SSSR count). The van der Waals surface area contributed by atoms with Crippen molar-refractivity contribution in [2.24, 2.45) is 0 Å². The number of halogens is 1. The highest BCUT2D eigenvalue weighted by atomic mass is 19.1. The number of alkyl halides is 1. The smallest absolute Gasteiger partial charge is 0.119 e. The van der Waals surface area contributed by atoms with Gasteiger partial charge in [-0.05, 0) is 35.4 Å². The van der Waals surface area contributed by atoms with Crippen molar-refractivity contribution in [2.45, 2.75) is 25.4 Å². The molecule has 4 heteroatoms. The van der Waals surface area contributed by atoms with Crippen molar-refractivity contribution in [3.63, 3.8) is 0 Å². The molecule has 0 fully saturated rings. The summed E-state index contributed by atoms with van der Waals surface area (Å²) in [4.78, 5) is 0. The van der Waals surface area contributed by atoms with Gasteiger partial charge in [-0.25, -0.2) is 4.39 Å². The van der Waals surface area contributed by atoms with Crippen LogP contribution in [0.3, 0.4) is 0 Å². The minimum atomic E-state index is -1.09. The lowest BCUT2D eigenvalue weighted by molar-refractivity contribution is 0.0842. The molecule has 3 nitrogen and oxygen atoms in total. The number of hydrogen-bond acceptors (Lipinski definition) is 3. The van der Waals surface area contributed by atoms with Crippen LogP contribution >= 0.6 is 0 Å². The summed E-state index contributed by atoms with van der Waals surface area (Å²) in [5.41, 5.74) is 1.97. The first-order valence-corrected chi connectivity index (χ1v) is 7.20. The van der Waals surface area contributed by atoms with Crippen LogP contribution in [0.2, 0.25) is 0 Å². The number of aliphatic hydroxyl groups is 1. The van der Waals surface area contributed by atoms with Crippen molar-refractivity contribution >= 4 is 0 Å².